The Hall–Kier alpha value is -2.28. The third-order valence-corrected chi connectivity index (χ3v) is 4.76. The maximum Gasteiger partial charge on any atom is 0.227 e. The van der Waals surface area contributed by atoms with E-state index < -0.39 is 0 Å². The van der Waals surface area contributed by atoms with E-state index in [0.29, 0.717) is 44.0 Å². The summed E-state index contributed by atoms with van der Waals surface area (Å²) in [5.41, 5.74) is 1.07. The second-order valence-electron chi connectivity index (χ2n) is 6.54. The van der Waals surface area contributed by atoms with Gasteiger partial charge in [-0.2, -0.15) is 0 Å². The molecule has 1 atom stereocenters. The van der Waals surface area contributed by atoms with E-state index in [1.807, 2.05) is 25.2 Å². The van der Waals surface area contributed by atoms with E-state index in [1.165, 1.54) is 0 Å². The number of methoxy groups -OCH3 is 2. The van der Waals surface area contributed by atoms with E-state index in [1.54, 1.807) is 31.1 Å². The lowest BCUT2D eigenvalue weighted by Crippen LogP contribution is -2.38. The van der Waals surface area contributed by atoms with E-state index in [0.717, 1.165) is 12.1 Å². The van der Waals surface area contributed by atoms with Crippen LogP contribution in [-0.4, -0.2) is 76.1 Å². The molecule has 0 radical (unpaired) electrons. The fraction of sp³-hybridized carbons (Fsp3) is 0.579. The average Bonchev–Trinajstić information content (AvgIpc) is 3.04. The lowest BCUT2D eigenvalue weighted by Gasteiger charge is -2.21. The van der Waals surface area contributed by atoms with Gasteiger partial charge in [-0.3, -0.25) is 9.59 Å². The summed E-state index contributed by atoms with van der Waals surface area (Å²) in [5.74, 6) is 1.21. The molecule has 1 aliphatic rings. The quantitative estimate of drug-likeness (QED) is 0.702. The number of nitrogens with zero attached hydrogens (tertiary/aromatic N) is 2. The first-order chi connectivity index (χ1) is 12.5. The fourth-order valence-corrected chi connectivity index (χ4v) is 3.16. The summed E-state index contributed by atoms with van der Waals surface area (Å²) in [5, 5.41) is 3.03. The van der Waals surface area contributed by atoms with Crippen molar-refractivity contribution < 1.29 is 19.1 Å². The van der Waals surface area contributed by atoms with Crippen LogP contribution < -0.4 is 14.8 Å². The van der Waals surface area contributed by atoms with Gasteiger partial charge in [0.1, 0.15) is 0 Å². The summed E-state index contributed by atoms with van der Waals surface area (Å²) < 4.78 is 10.6. The van der Waals surface area contributed by atoms with Crippen molar-refractivity contribution in [2.45, 2.75) is 12.8 Å². The Morgan fingerprint density at radius 3 is 2.69 bits per heavy atom. The third kappa shape index (κ3) is 4.88. The normalized spacial score (nSPS) is 16.7. The maximum atomic E-state index is 12.5. The Morgan fingerprint density at radius 1 is 1.31 bits per heavy atom. The molecule has 2 rings (SSSR count). The lowest BCUT2D eigenvalue weighted by molar-refractivity contribution is -0.134. The number of amides is 2. The van der Waals surface area contributed by atoms with Crippen LogP contribution in [0.15, 0.2) is 18.2 Å². The minimum absolute atomic E-state index is 0.0437. The Kier molecular flexibility index (Phi) is 7.26. The number of likely N-dealkylation sites (N-methyl/N-ethyl adjacent to an activating group) is 2. The van der Waals surface area contributed by atoms with Crippen molar-refractivity contribution >= 4 is 11.8 Å². The molecule has 0 aromatic heterocycles. The fourth-order valence-electron chi connectivity index (χ4n) is 3.16. The number of ether oxygens (including phenoxy) is 2. The standard InChI is InChI=1S/C19H29N3O4/c1-20-8-10-21(2)19(24)15-12-18(23)22(13-15)9-7-14-5-6-16(25-3)17(11-14)26-4/h5-6,11,15,20H,7-10,12-13H2,1-4H3. The van der Waals surface area contributed by atoms with Crippen LogP contribution in [0.1, 0.15) is 12.0 Å². The molecule has 0 spiro atoms. The van der Waals surface area contributed by atoms with Crippen LogP contribution in [0.2, 0.25) is 0 Å². The molecule has 1 N–H and O–H groups in total. The van der Waals surface area contributed by atoms with Gasteiger partial charge in [0, 0.05) is 39.6 Å². The average molecular weight is 363 g/mol. The number of nitrogens with one attached hydrogen (secondary N) is 1. The first-order valence-electron chi connectivity index (χ1n) is 8.88. The molecule has 1 aromatic carbocycles. The van der Waals surface area contributed by atoms with Crippen molar-refractivity contribution in [1.29, 1.82) is 0 Å². The maximum absolute atomic E-state index is 12.5. The monoisotopic (exact) mass is 363 g/mol. The summed E-state index contributed by atoms with van der Waals surface area (Å²) in [6.45, 7) is 2.48. The molecule has 2 amide bonds. The zero-order valence-electron chi connectivity index (χ0n) is 16.1. The highest BCUT2D eigenvalue weighted by atomic mass is 16.5. The molecule has 0 bridgehead atoms. The van der Waals surface area contributed by atoms with Crippen LogP contribution in [0.4, 0.5) is 0 Å². The van der Waals surface area contributed by atoms with E-state index in [2.05, 4.69) is 5.32 Å². The SMILES string of the molecule is CNCCN(C)C(=O)C1CC(=O)N(CCc2ccc(OC)c(OC)c2)C1. The molecule has 1 unspecified atom stereocenters. The molecule has 1 aromatic rings. The largest absolute Gasteiger partial charge is 0.493 e. The predicted molar refractivity (Wildman–Crippen MR) is 99.5 cm³/mol. The molecule has 1 saturated heterocycles. The predicted octanol–water partition coefficient (Wildman–Crippen LogP) is 0.773. The van der Waals surface area contributed by atoms with Crippen molar-refractivity contribution in [2.24, 2.45) is 5.92 Å². The van der Waals surface area contributed by atoms with E-state index in [-0.39, 0.29) is 17.7 Å². The molecule has 144 valence electrons. The lowest BCUT2D eigenvalue weighted by atomic mass is 10.1. The van der Waals surface area contributed by atoms with Crippen LogP contribution in [-0.2, 0) is 16.0 Å². The van der Waals surface area contributed by atoms with Crippen molar-refractivity contribution in [1.82, 2.24) is 15.1 Å². The molecule has 26 heavy (non-hydrogen) atoms. The Bertz CT molecular complexity index is 635. The third-order valence-electron chi connectivity index (χ3n) is 4.76. The Labute approximate surface area is 155 Å². The number of carbonyl (C=O) groups excluding carboxylic acids is 2. The van der Waals surface area contributed by atoms with Crippen molar-refractivity contribution in [2.75, 3.05) is 54.5 Å². The van der Waals surface area contributed by atoms with Crippen LogP contribution in [0.25, 0.3) is 0 Å². The summed E-state index contributed by atoms with van der Waals surface area (Å²) in [6, 6.07) is 5.76. The smallest absolute Gasteiger partial charge is 0.227 e. The van der Waals surface area contributed by atoms with Crippen molar-refractivity contribution in [3.8, 4) is 11.5 Å². The van der Waals surface area contributed by atoms with Gasteiger partial charge in [0.15, 0.2) is 11.5 Å². The molecule has 7 nitrogen and oxygen atoms in total. The summed E-state index contributed by atoms with van der Waals surface area (Å²) >= 11 is 0. The van der Waals surface area contributed by atoms with Gasteiger partial charge in [-0.1, -0.05) is 6.07 Å². The zero-order valence-corrected chi connectivity index (χ0v) is 16.1. The van der Waals surface area contributed by atoms with Gasteiger partial charge in [0.05, 0.1) is 20.1 Å². The van der Waals surface area contributed by atoms with Gasteiger partial charge in [-0.25, -0.2) is 0 Å². The van der Waals surface area contributed by atoms with Gasteiger partial charge in [0.2, 0.25) is 11.8 Å². The van der Waals surface area contributed by atoms with Crippen molar-refractivity contribution in [3.63, 3.8) is 0 Å². The number of likely N-dealkylation sites (tertiary alicyclic amines) is 1. The molecule has 0 saturated carbocycles. The van der Waals surface area contributed by atoms with Gasteiger partial charge in [0.25, 0.3) is 0 Å². The number of rotatable bonds is 9. The van der Waals surface area contributed by atoms with E-state index in [4.69, 9.17) is 9.47 Å². The number of carbonyl (C=O) groups is 2. The van der Waals surface area contributed by atoms with Gasteiger partial charge >= 0.3 is 0 Å². The first kappa shape index (κ1) is 20.0. The zero-order chi connectivity index (χ0) is 19.1. The highest BCUT2D eigenvalue weighted by Gasteiger charge is 2.35. The Morgan fingerprint density at radius 2 is 2.04 bits per heavy atom. The summed E-state index contributed by atoms with van der Waals surface area (Å²) in [4.78, 5) is 28.2. The topological polar surface area (TPSA) is 71.1 Å². The van der Waals surface area contributed by atoms with Gasteiger partial charge < -0.3 is 24.6 Å². The van der Waals surface area contributed by atoms with Crippen LogP contribution in [0.5, 0.6) is 11.5 Å². The van der Waals surface area contributed by atoms with Crippen LogP contribution >= 0.6 is 0 Å². The molecule has 0 aliphatic carbocycles. The number of benzene rings is 1. The van der Waals surface area contributed by atoms with E-state index >= 15 is 0 Å². The highest BCUT2D eigenvalue weighted by Crippen LogP contribution is 2.28. The number of hydrogen-bond acceptors (Lipinski definition) is 5. The highest BCUT2D eigenvalue weighted by molar-refractivity contribution is 5.89. The first-order valence-corrected chi connectivity index (χ1v) is 8.88. The molecular formula is C19H29N3O4. The molecular weight excluding hydrogens is 334 g/mol. The summed E-state index contributed by atoms with van der Waals surface area (Å²) in [6.07, 6.45) is 1.01. The molecule has 1 heterocycles. The molecule has 7 heteroatoms. The van der Waals surface area contributed by atoms with Crippen LogP contribution in [0, 0.1) is 5.92 Å². The minimum atomic E-state index is -0.241. The summed E-state index contributed by atoms with van der Waals surface area (Å²) in [7, 11) is 6.85. The minimum Gasteiger partial charge on any atom is -0.493 e. The van der Waals surface area contributed by atoms with Gasteiger partial charge in [-0.05, 0) is 31.2 Å². The second-order valence-corrected chi connectivity index (χ2v) is 6.54. The van der Waals surface area contributed by atoms with Gasteiger partial charge in [-0.15, -0.1) is 0 Å². The number of hydrogen-bond donors (Lipinski definition) is 1. The molecule has 1 fully saturated rings. The van der Waals surface area contributed by atoms with Crippen molar-refractivity contribution in [3.05, 3.63) is 23.8 Å². The molecule has 1 aliphatic heterocycles. The Balaban J connectivity index is 1.91. The van der Waals surface area contributed by atoms with Crippen LogP contribution in [0.3, 0.4) is 0 Å². The van der Waals surface area contributed by atoms with E-state index in [9.17, 15) is 9.59 Å². The second kappa shape index (κ2) is 9.43.